The molecule has 0 amide bonds. The van der Waals surface area contributed by atoms with Crippen LogP contribution in [0.25, 0.3) is 10.9 Å². The Labute approximate surface area is 167 Å². The van der Waals surface area contributed by atoms with Gasteiger partial charge in [-0.25, -0.2) is 9.18 Å². The predicted octanol–water partition coefficient (Wildman–Crippen LogP) is 2.04. The molecule has 3 unspecified atom stereocenters. The van der Waals surface area contributed by atoms with E-state index in [9.17, 15) is 9.59 Å². The van der Waals surface area contributed by atoms with Crippen LogP contribution in [-0.2, 0) is 0 Å². The lowest BCUT2D eigenvalue weighted by Gasteiger charge is -2.29. The summed E-state index contributed by atoms with van der Waals surface area (Å²) in [5, 5.41) is 0.197. The molecule has 3 N–H and O–H groups in total. The molecule has 0 bridgehead atoms. The monoisotopic (exact) mass is 402 g/mol. The lowest BCUT2D eigenvalue weighted by molar-refractivity contribution is 0.260. The van der Waals surface area contributed by atoms with Crippen molar-refractivity contribution in [2.75, 3.05) is 25.1 Å². The number of nitrogens with two attached hydrogens (primary N) is 1. The number of hydrogen-bond acceptors (Lipinski definition) is 5. The van der Waals surface area contributed by atoms with Gasteiger partial charge < -0.3 is 15.4 Å². The average molecular weight is 402 g/mol. The Balaban J connectivity index is 1.76. The summed E-state index contributed by atoms with van der Waals surface area (Å²) in [6.07, 6.45) is 4.92. The lowest BCUT2D eigenvalue weighted by Crippen LogP contribution is -2.38. The third-order valence-electron chi connectivity index (χ3n) is 7.07. The fourth-order valence-electron chi connectivity index (χ4n) is 5.48. The summed E-state index contributed by atoms with van der Waals surface area (Å²) in [5.74, 6) is 0.593. The van der Waals surface area contributed by atoms with E-state index in [1.165, 1.54) is 7.11 Å². The van der Waals surface area contributed by atoms with Gasteiger partial charge in [0.25, 0.3) is 5.56 Å². The number of nitrogens with zero attached hydrogens (tertiary/aromatic N) is 2. The molecule has 5 rings (SSSR count). The summed E-state index contributed by atoms with van der Waals surface area (Å²) in [5.41, 5.74) is 6.36. The van der Waals surface area contributed by atoms with Crippen LogP contribution in [0, 0.1) is 24.6 Å². The van der Waals surface area contributed by atoms with Gasteiger partial charge in [-0.15, -0.1) is 0 Å². The Morgan fingerprint density at radius 2 is 1.93 bits per heavy atom. The molecule has 1 aliphatic heterocycles. The number of ether oxygens (including phenoxy) is 1. The molecule has 2 heterocycles. The first-order chi connectivity index (χ1) is 13.9. The Morgan fingerprint density at radius 3 is 2.59 bits per heavy atom. The second-order valence-electron chi connectivity index (χ2n) is 8.83. The number of rotatable bonds is 3. The number of aromatic amines is 1. The predicted molar refractivity (Wildman–Crippen MR) is 109 cm³/mol. The SMILES string of the molecule is COc1c(N2CC3CCCC(N)C3C2)c(F)c(C)c2c(=O)[nH]c(=O)n(C3CC3)c12. The fourth-order valence-corrected chi connectivity index (χ4v) is 5.48. The van der Waals surface area contributed by atoms with E-state index in [1.54, 1.807) is 11.5 Å². The van der Waals surface area contributed by atoms with Gasteiger partial charge in [-0.2, -0.15) is 0 Å². The van der Waals surface area contributed by atoms with Gasteiger partial charge in [-0.1, -0.05) is 6.42 Å². The smallest absolute Gasteiger partial charge is 0.329 e. The average Bonchev–Trinajstić information content (AvgIpc) is 3.41. The first-order valence-corrected chi connectivity index (χ1v) is 10.5. The molecule has 1 aromatic heterocycles. The van der Waals surface area contributed by atoms with Crippen LogP contribution < -0.4 is 26.6 Å². The Morgan fingerprint density at radius 1 is 1.17 bits per heavy atom. The van der Waals surface area contributed by atoms with Crippen molar-refractivity contribution in [1.29, 1.82) is 0 Å². The van der Waals surface area contributed by atoms with Crippen molar-refractivity contribution in [2.45, 2.75) is 51.1 Å². The number of anilines is 1. The first kappa shape index (κ1) is 18.7. The number of benzene rings is 1. The molecule has 3 atom stereocenters. The van der Waals surface area contributed by atoms with E-state index in [0.29, 0.717) is 36.1 Å². The highest BCUT2D eigenvalue weighted by Crippen LogP contribution is 2.46. The van der Waals surface area contributed by atoms with Crippen molar-refractivity contribution in [1.82, 2.24) is 9.55 Å². The number of nitrogens with one attached hydrogen (secondary N) is 1. The van der Waals surface area contributed by atoms with E-state index in [0.717, 1.165) is 32.1 Å². The van der Waals surface area contributed by atoms with Crippen molar-refractivity contribution in [2.24, 2.45) is 17.6 Å². The van der Waals surface area contributed by atoms with Crippen LogP contribution in [0.3, 0.4) is 0 Å². The van der Waals surface area contributed by atoms with Gasteiger partial charge in [0.15, 0.2) is 11.6 Å². The second kappa shape index (κ2) is 6.58. The number of aryl methyl sites for hydroxylation is 1. The number of fused-ring (bicyclic) bond motifs is 2. The van der Waals surface area contributed by atoms with E-state index < -0.39 is 17.1 Å². The molecule has 2 aliphatic carbocycles. The molecule has 1 aromatic carbocycles. The van der Waals surface area contributed by atoms with Crippen molar-refractivity contribution in [3.63, 3.8) is 0 Å². The Bertz CT molecular complexity index is 1100. The maximum Gasteiger partial charge on any atom is 0.329 e. The van der Waals surface area contributed by atoms with Crippen LogP contribution >= 0.6 is 0 Å². The highest BCUT2D eigenvalue weighted by molar-refractivity contribution is 5.93. The molecule has 0 radical (unpaired) electrons. The van der Waals surface area contributed by atoms with Crippen LogP contribution in [0.1, 0.15) is 43.7 Å². The normalized spacial score (nSPS) is 26.8. The van der Waals surface area contributed by atoms with E-state index in [-0.39, 0.29) is 28.8 Å². The highest BCUT2D eigenvalue weighted by atomic mass is 19.1. The molecular formula is C21H27FN4O3. The summed E-state index contributed by atoms with van der Waals surface area (Å²) in [6.45, 7) is 2.99. The van der Waals surface area contributed by atoms with Gasteiger partial charge in [-0.3, -0.25) is 14.3 Å². The molecule has 156 valence electrons. The molecule has 1 saturated heterocycles. The minimum Gasteiger partial charge on any atom is -0.492 e. The third-order valence-corrected chi connectivity index (χ3v) is 7.07. The number of aromatic nitrogens is 2. The molecule has 2 aromatic rings. The van der Waals surface area contributed by atoms with Gasteiger partial charge in [0.05, 0.1) is 12.5 Å². The quantitative estimate of drug-likeness (QED) is 0.820. The molecule has 2 saturated carbocycles. The topological polar surface area (TPSA) is 93.3 Å². The van der Waals surface area contributed by atoms with Gasteiger partial charge in [0.1, 0.15) is 11.2 Å². The Hall–Kier alpha value is -2.35. The van der Waals surface area contributed by atoms with E-state index in [1.807, 2.05) is 4.90 Å². The largest absolute Gasteiger partial charge is 0.492 e. The van der Waals surface area contributed by atoms with Gasteiger partial charge in [0, 0.05) is 30.7 Å². The zero-order valence-corrected chi connectivity index (χ0v) is 16.8. The summed E-state index contributed by atoms with van der Waals surface area (Å²) in [6, 6.07) is 0.143. The molecule has 29 heavy (non-hydrogen) atoms. The molecule has 3 fully saturated rings. The molecule has 7 nitrogen and oxygen atoms in total. The first-order valence-electron chi connectivity index (χ1n) is 10.5. The maximum absolute atomic E-state index is 15.6. The van der Waals surface area contributed by atoms with Crippen LogP contribution in [0.2, 0.25) is 0 Å². The summed E-state index contributed by atoms with van der Waals surface area (Å²) in [4.78, 5) is 29.6. The fraction of sp³-hybridized carbons (Fsp3) is 0.619. The van der Waals surface area contributed by atoms with Gasteiger partial charge in [-0.05, 0) is 44.4 Å². The molecule has 3 aliphatic rings. The summed E-state index contributed by atoms with van der Waals surface area (Å²) in [7, 11) is 1.48. The Kier molecular flexibility index (Phi) is 4.24. The zero-order valence-electron chi connectivity index (χ0n) is 16.8. The number of methoxy groups -OCH3 is 1. The van der Waals surface area contributed by atoms with Crippen LogP contribution in [0.4, 0.5) is 10.1 Å². The zero-order chi connectivity index (χ0) is 20.4. The standard InChI is InChI=1S/C21H27FN4O3/c1-10-15-17(26(12-6-7-12)21(28)24-20(15)27)19(29-2)18(16(10)22)25-8-11-4-3-5-14(23)13(11)9-25/h11-14H,3-9,23H2,1-2H3,(H,24,27,28). The van der Waals surface area contributed by atoms with Crippen LogP contribution in [-0.4, -0.2) is 35.8 Å². The van der Waals surface area contributed by atoms with Gasteiger partial charge in [0.2, 0.25) is 0 Å². The van der Waals surface area contributed by atoms with Crippen molar-refractivity contribution in [3.05, 3.63) is 32.2 Å². The second-order valence-corrected chi connectivity index (χ2v) is 8.83. The van der Waals surface area contributed by atoms with E-state index in [4.69, 9.17) is 10.5 Å². The number of H-pyrrole nitrogens is 1. The summed E-state index contributed by atoms with van der Waals surface area (Å²) >= 11 is 0. The number of halogens is 1. The van der Waals surface area contributed by atoms with Crippen LogP contribution in [0.5, 0.6) is 5.75 Å². The minimum absolute atomic E-state index is 0.0167. The molecule has 8 heteroatoms. The van der Waals surface area contributed by atoms with E-state index >= 15 is 4.39 Å². The maximum atomic E-state index is 15.6. The minimum atomic E-state index is -0.569. The van der Waals surface area contributed by atoms with E-state index in [2.05, 4.69) is 4.98 Å². The van der Waals surface area contributed by atoms with Crippen LogP contribution in [0.15, 0.2) is 9.59 Å². The third kappa shape index (κ3) is 2.72. The lowest BCUT2D eigenvalue weighted by atomic mass is 9.78. The van der Waals surface area contributed by atoms with Gasteiger partial charge >= 0.3 is 5.69 Å². The molecule has 0 spiro atoms. The van der Waals surface area contributed by atoms with Crippen molar-refractivity contribution in [3.8, 4) is 5.75 Å². The highest BCUT2D eigenvalue weighted by Gasteiger charge is 2.41. The van der Waals surface area contributed by atoms with Crippen molar-refractivity contribution < 1.29 is 9.13 Å². The summed E-state index contributed by atoms with van der Waals surface area (Å²) < 4.78 is 22.9. The van der Waals surface area contributed by atoms with Crippen molar-refractivity contribution >= 4 is 16.6 Å². The number of hydrogen-bond donors (Lipinski definition) is 2. The molecular weight excluding hydrogens is 375 g/mol.